The first kappa shape index (κ1) is 17.9. The van der Waals surface area contributed by atoms with Crippen molar-refractivity contribution in [2.75, 3.05) is 0 Å². The molecule has 134 valence electrons. The predicted octanol–water partition coefficient (Wildman–Crippen LogP) is 3.60. The first-order valence-electron chi connectivity index (χ1n) is 8.76. The Morgan fingerprint density at radius 3 is 2.77 bits per heavy atom. The maximum atomic E-state index is 13.3. The van der Waals surface area contributed by atoms with Gasteiger partial charge in [-0.1, -0.05) is 35.9 Å². The largest absolute Gasteiger partial charge is 0.327 e. The van der Waals surface area contributed by atoms with Gasteiger partial charge in [0, 0.05) is 6.04 Å². The van der Waals surface area contributed by atoms with E-state index in [0.29, 0.717) is 23.9 Å². The molecule has 0 bridgehead atoms. The fourth-order valence-electron chi connectivity index (χ4n) is 3.57. The lowest BCUT2D eigenvalue weighted by Gasteiger charge is -2.40. The third kappa shape index (κ3) is 3.38. The molecule has 26 heavy (non-hydrogen) atoms. The summed E-state index contributed by atoms with van der Waals surface area (Å²) in [6.45, 7) is 9.68. The number of fused-ring (bicyclic) bond motifs is 1. The van der Waals surface area contributed by atoms with Crippen LogP contribution in [0.2, 0.25) is 0 Å². The third-order valence-electron chi connectivity index (χ3n) is 4.67. The average Bonchev–Trinajstić information content (AvgIpc) is 2.61. The van der Waals surface area contributed by atoms with E-state index in [1.54, 1.807) is 23.1 Å². The molecule has 2 atom stereocenters. The lowest BCUT2D eigenvalue weighted by molar-refractivity contribution is 0.0593. The molecule has 5 heteroatoms. The van der Waals surface area contributed by atoms with Crippen LogP contribution in [0.25, 0.3) is 11.0 Å². The number of nitrogens with zero attached hydrogens (tertiary/aromatic N) is 2. The van der Waals surface area contributed by atoms with Crippen LogP contribution < -0.4 is 5.56 Å². The van der Waals surface area contributed by atoms with E-state index in [1.165, 1.54) is 5.57 Å². The molecule has 0 aliphatic carbocycles. The van der Waals surface area contributed by atoms with Crippen LogP contribution in [0, 0.1) is 0 Å². The summed E-state index contributed by atoms with van der Waals surface area (Å²) in [5.41, 5.74) is 1.91. The molecule has 1 aromatic heterocycles. The molecular formula is C21H23N3O2. The summed E-state index contributed by atoms with van der Waals surface area (Å²) in [5.74, 6) is -0.348. The highest BCUT2D eigenvalue weighted by atomic mass is 16.2. The number of para-hydroxylation sites is 2. The second-order valence-corrected chi connectivity index (χ2v) is 6.63. The third-order valence-corrected chi connectivity index (χ3v) is 4.67. The number of rotatable bonds is 5. The Balaban J connectivity index is 2.07. The molecule has 0 unspecified atom stereocenters. The van der Waals surface area contributed by atoms with Crippen molar-refractivity contribution >= 4 is 16.9 Å². The Bertz CT molecular complexity index is 942. The van der Waals surface area contributed by atoms with E-state index in [-0.39, 0.29) is 23.7 Å². The SMILES string of the molecule is C=CC[C@H]1CC(C)=C[C@H](CC=C)N1C(=O)c1nc2ccccc2[nH]c1=O. The van der Waals surface area contributed by atoms with Gasteiger partial charge in [-0.15, -0.1) is 13.2 Å². The maximum absolute atomic E-state index is 13.3. The summed E-state index contributed by atoms with van der Waals surface area (Å²) >= 11 is 0. The lowest BCUT2D eigenvalue weighted by Crippen LogP contribution is -2.50. The Kier molecular flexibility index (Phi) is 5.16. The molecule has 1 aromatic carbocycles. The van der Waals surface area contributed by atoms with Gasteiger partial charge in [0.15, 0.2) is 5.69 Å². The number of hydrogen-bond acceptors (Lipinski definition) is 3. The smallest absolute Gasteiger partial charge is 0.280 e. The molecule has 2 aromatic rings. The first-order valence-corrected chi connectivity index (χ1v) is 8.76. The number of carbonyl (C=O) groups excluding carboxylic acids is 1. The van der Waals surface area contributed by atoms with Crippen molar-refractivity contribution < 1.29 is 4.79 Å². The summed E-state index contributed by atoms with van der Waals surface area (Å²) in [6, 6.07) is 7.03. The molecule has 2 heterocycles. The van der Waals surface area contributed by atoms with Crippen LogP contribution >= 0.6 is 0 Å². The number of nitrogens with one attached hydrogen (secondary N) is 1. The van der Waals surface area contributed by atoms with Gasteiger partial charge in [-0.2, -0.15) is 0 Å². The van der Waals surface area contributed by atoms with E-state index in [2.05, 4.69) is 36.1 Å². The summed E-state index contributed by atoms with van der Waals surface area (Å²) in [4.78, 5) is 34.7. The highest BCUT2D eigenvalue weighted by Gasteiger charge is 2.34. The highest BCUT2D eigenvalue weighted by molar-refractivity contribution is 5.94. The molecule has 0 fully saturated rings. The van der Waals surface area contributed by atoms with Gasteiger partial charge in [-0.3, -0.25) is 9.59 Å². The van der Waals surface area contributed by atoms with E-state index in [4.69, 9.17) is 0 Å². The van der Waals surface area contributed by atoms with Crippen LogP contribution in [0.15, 0.2) is 66.0 Å². The number of amides is 1. The minimum absolute atomic E-state index is 0.0392. The zero-order valence-electron chi connectivity index (χ0n) is 14.9. The second-order valence-electron chi connectivity index (χ2n) is 6.63. The Labute approximate surface area is 152 Å². The Morgan fingerprint density at radius 2 is 2.04 bits per heavy atom. The Hall–Kier alpha value is -2.95. The molecule has 0 radical (unpaired) electrons. The van der Waals surface area contributed by atoms with Crippen molar-refractivity contribution in [2.24, 2.45) is 0 Å². The monoisotopic (exact) mass is 349 g/mol. The van der Waals surface area contributed by atoms with Crippen molar-refractivity contribution in [1.29, 1.82) is 0 Å². The Morgan fingerprint density at radius 1 is 1.31 bits per heavy atom. The van der Waals surface area contributed by atoms with E-state index < -0.39 is 5.56 Å². The standard InChI is InChI=1S/C21H23N3O2/c1-4-8-15-12-14(3)13-16(9-5-2)24(15)21(26)19-20(25)23-18-11-7-6-10-17(18)22-19/h4-7,10-12,15-16H,1-2,8-9,13H2,3H3,(H,23,25)/t15-,16-/m0/s1. The van der Waals surface area contributed by atoms with Crippen molar-refractivity contribution in [1.82, 2.24) is 14.9 Å². The van der Waals surface area contributed by atoms with Crippen molar-refractivity contribution in [3.05, 3.63) is 77.3 Å². The van der Waals surface area contributed by atoms with Crippen molar-refractivity contribution in [3.63, 3.8) is 0 Å². The minimum atomic E-state index is -0.463. The average molecular weight is 349 g/mol. The maximum Gasteiger partial charge on any atom is 0.280 e. The summed E-state index contributed by atoms with van der Waals surface area (Å²) in [5, 5.41) is 0. The summed E-state index contributed by atoms with van der Waals surface area (Å²) < 4.78 is 0. The van der Waals surface area contributed by atoms with Crippen LogP contribution in [-0.2, 0) is 0 Å². The predicted molar refractivity (Wildman–Crippen MR) is 104 cm³/mol. The molecular weight excluding hydrogens is 326 g/mol. The molecule has 1 N–H and O–H groups in total. The fourth-order valence-corrected chi connectivity index (χ4v) is 3.57. The van der Waals surface area contributed by atoms with Crippen LogP contribution in [-0.4, -0.2) is 32.9 Å². The molecule has 1 aliphatic rings. The summed E-state index contributed by atoms with van der Waals surface area (Å²) in [6.07, 6.45) is 7.74. The van der Waals surface area contributed by atoms with Gasteiger partial charge in [-0.25, -0.2) is 4.98 Å². The van der Waals surface area contributed by atoms with Crippen molar-refractivity contribution in [2.45, 2.75) is 38.3 Å². The number of aromatic amines is 1. The van der Waals surface area contributed by atoms with Crippen LogP contribution in [0.3, 0.4) is 0 Å². The fraction of sp³-hybridized carbons (Fsp3) is 0.286. The first-order chi connectivity index (χ1) is 12.5. The van der Waals surface area contributed by atoms with E-state index in [0.717, 1.165) is 6.42 Å². The van der Waals surface area contributed by atoms with Crippen LogP contribution in [0.1, 0.15) is 36.7 Å². The van der Waals surface area contributed by atoms with Crippen LogP contribution in [0.4, 0.5) is 0 Å². The second kappa shape index (κ2) is 7.52. The van der Waals surface area contributed by atoms with Gasteiger partial charge in [0.05, 0.1) is 17.1 Å². The number of carbonyl (C=O) groups is 1. The van der Waals surface area contributed by atoms with Crippen LogP contribution in [0.5, 0.6) is 0 Å². The molecule has 1 aliphatic heterocycles. The van der Waals surface area contributed by atoms with Crippen molar-refractivity contribution in [3.8, 4) is 0 Å². The van der Waals surface area contributed by atoms with Gasteiger partial charge in [0.2, 0.25) is 0 Å². The van der Waals surface area contributed by atoms with Gasteiger partial charge in [0.25, 0.3) is 11.5 Å². The highest BCUT2D eigenvalue weighted by Crippen LogP contribution is 2.28. The van der Waals surface area contributed by atoms with E-state index in [9.17, 15) is 9.59 Å². The minimum Gasteiger partial charge on any atom is -0.327 e. The lowest BCUT2D eigenvalue weighted by atomic mass is 9.92. The molecule has 5 nitrogen and oxygen atoms in total. The van der Waals surface area contributed by atoms with Gasteiger partial charge in [-0.05, 0) is 38.3 Å². The topological polar surface area (TPSA) is 66.1 Å². The number of benzene rings is 1. The van der Waals surface area contributed by atoms with Gasteiger partial charge in [0.1, 0.15) is 0 Å². The quantitative estimate of drug-likeness (QED) is 0.839. The number of H-pyrrole nitrogens is 1. The molecule has 0 spiro atoms. The number of aromatic nitrogens is 2. The van der Waals surface area contributed by atoms with E-state index >= 15 is 0 Å². The molecule has 1 amide bonds. The van der Waals surface area contributed by atoms with Gasteiger partial charge >= 0.3 is 0 Å². The zero-order valence-corrected chi connectivity index (χ0v) is 14.9. The molecule has 3 rings (SSSR count). The molecule has 0 saturated heterocycles. The number of hydrogen-bond donors (Lipinski definition) is 1. The normalized spacial score (nSPS) is 19.9. The van der Waals surface area contributed by atoms with E-state index in [1.807, 2.05) is 18.2 Å². The van der Waals surface area contributed by atoms with Gasteiger partial charge < -0.3 is 9.88 Å². The molecule has 0 saturated carbocycles. The zero-order chi connectivity index (χ0) is 18.7. The summed E-state index contributed by atoms with van der Waals surface area (Å²) in [7, 11) is 0.